The minimum atomic E-state index is 0.293. The lowest BCUT2D eigenvalue weighted by Gasteiger charge is -2.01. The maximum Gasteiger partial charge on any atom is 0.0568 e. The summed E-state index contributed by atoms with van der Waals surface area (Å²) >= 11 is 0. The Hall–Kier alpha value is -1.81. The molecule has 0 saturated carbocycles. The van der Waals surface area contributed by atoms with Gasteiger partial charge in [-0.1, -0.05) is 25.0 Å². The number of hydrogen-bond donors (Lipinski definition) is 2. The van der Waals surface area contributed by atoms with Crippen molar-refractivity contribution in [3.8, 4) is 11.1 Å². The van der Waals surface area contributed by atoms with Crippen molar-refractivity contribution in [2.75, 3.05) is 12.3 Å². The molecule has 1 aromatic carbocycles. The second-order valence-corrected chi connectivity index (χ2v) is 4.76. The van der Waals surface area contributed by atoms with Gasteiger partial charge in [0.1, 0.15) is 0 Å². The van der Waals surface area contributed by atoms with Crippen molar-refractivity contribution in [1.82, 2.24) is 9.78 Å². The van der Waals surface area contributed by atoms with Gasteiger partial charge >= 0.3 is 0 Å². The molecule has 0 atom stereocenters. The maximum absolute atomic E-state index is 8.71. The molecule has 3 N–H and O–H groups in total. The van der Waals surface area contributed by atoms with E-state index in [4.69, 9.17) is 10.8 Å². The second-order valence-electron chi connectivity index (χ2n) is 4.76. The number of nitrogens with two attached hydrogens (primary N) is 1. The van der Waals surface area contributed by atoms with Gasteiger partial charge in [0.2, 0.25) is 0 Å². The smallest absolute Gasteiger partial charge is 0.0568 e. The van der Waals surface area contributed by atoms with Crippen LogP contribution < -0.4 is 5.73 Å². The largest absolute Gasteiger partial charge is 0.399 e. The maximum atomic E-state index is 8.71. The number of rotatable bonds is 7. The molecule has 2 aromatic rings. The second kappa shape index (κ2) is 6.95. The first-order chi connectivity index (χ1) is 9.29. The highest BCUT2D eigenvalue weighted by Crippen LogP contribution is 2.20. The molecule has 0 saturated heterocycles. The SMILES string of the molecule is Nc1cccc(-c2cnn(CCCCCCO)c2)c1. The molecule has 0 radical (unpaired) electrons. The summed E-state index contributed by atoms with van der Waals surface area (Å²) < 4.78 is 1.97. The zero-order valence-electron chi connectivity index (χ0n) is 11.1. The van der Waals surface area contributed by atoms with Gasteiger partial charge in [-0.3, -0.25) is 4.68 Å². The summed E-state index contributed by atoms with van der Waals surface area (Å²) in [6, 6.07) is 7.84. The van der Waals surface area contributed by atoms with Crippen LogP contribution in [0.3, 0.4) is 0 Å². The fraction of sp³-hybridized carbons (Fsp3) is 0.400. The van der Waals surface area contributed by atoms with Gasteiger partial charge in [-0.15, -0.1) is 0 Å². The topological polar surface area (TPSA) is 64.1 Å². The number of aliphatic hydroxyl groups is 1. The highest BCUT2D eigenvalue weighted by atomic mass is 16.2. The Bertz CT molecular complexity index is 508. The van der Waals surface area contributed by atoms with Gasteiger partial charge in [0.15, 0.2) is 0 Å². The standard InChI is InChI=1S/C15H21N3O/c16-15-7-5-6-13(10-15)14-11-17-18(12-14)8-3-1-2-4-9-19/h5-7,10-12,19H,1-4,8-9,16H2. The van der Waals surface area contributed by atoms with E-state index in [1.165, 1.54) is 0 Å². The molecule has 0 fully saturated rings. The van der Waals surface area contributed by atoms with E-state index in [-0.39, 0.29) is 0 Å². The van der Waals surface area contributed by atoms with Gasteiger partial charge in [0.05, 0.1) is 6.20 Å². The summed E-state index contributed by atoms with van der Waals surface area (Å²) in [5.41, 5.74) is 8.76. The third kappa shape index (κ3) is 4.10. The lowest BCUT2D eigenvalue weighted by Crippen LogP contribution is -1.98. The van der Waals surface area contributed by atoms with Crippen molar-refractivity contribution in [1.29, 1.82) is 0 Å². The summed E-state index contributed by atoms with van der Waals surface area (Å²) in [5, 5.41) is 13.1. The molecule has 1 aromatic heterocycles. The van der Waals surface area contributed by atoms with Gasteiger partial charge in [-0.25, -0.2) is 0 Å². The minimum Gasteiger partial charge on any atom is -0.399 e. The van der Waals surface area contributed by atoms with Gasteiger partial charge in [-0.2, -0.15) is 5.10 Å². The molecule has 0 spiro atoms. The van der Waals surface area contributed by atoms with E-state index in [0.29, 0.717) is 6.61 Å². The quantitative estimate of drug-likeness (QED) is 0.593. The van der Waals surface area contributed by atoms with Crippen LogP contribution in [0.15, 0.2) is 36.7 Å². The van der Waals surface area contributed by atoms with Gasteiger partial charge in [0.25, 0.3) is 0 Å². The summed E-state index contributed by atoms with van der Waals surface area (Å²) in [7, 11) is 0. The number of hydrogen-bond acceptors (Lipinski definition) is 3. The Morgan fingerprint density at radius 3 is 2.74 bits per heavy atom. The molecule has 0 bridgehead atoms. The van der Waals surface area contributed by atoms with Crippen LogP contribution in [0.4, 0.5) is 5.69 Å². The molecule has 1 heterocycles. The van der Waals surface area contributed by atoms with E-state index in [1.807, 2.05) is 35.1 Å². The average Bonchev–Trinajstić information content (AvgIpc) is 2.87. The molecule has 0 unspecified atom stereocenters. The monoisotopic (exact) mass is 259 g/mol. The van der Waals surface area contributed by atoms with Crippen molar-refractivity contribution < 1.29 is 5.11 Å². The van der Waals surface area contributed by atoms with Crippen LogP contribution in [-0.2, 0) is 6.54 Å². The number of aromatic nitrogens is 2. The minimum absolute atomic E-state index is 0.293. The van der Waals surface area contributed by atoms with E-state index in [9.17, 15) is 0 Å². The van der Waals surface area contributed by atoms with Crippen LogP contribution in [0.5, 0.6) is 0 Å². The number of aliphatic hydroxyl groups excluding tert-OH is 1. The Morgan fingerprint density at radius 1 is 1.11 bits per heavy atom. The zero-order valence-corrected chi connectivity index (χ0v) is 11.1. The molecular formula is C15H21N3O. The molecule has 4 nitrogen and oxygen atoms in total. The normalized spacial score (nSPS) is 10.8. The third-order valence-corrected chi connectivity index (χ3v) is 3.15. The van der Waals surface area contributed by atoms with Gasteiger partial charge in [-0.05, 0) is 30.5 Å². The highest BCUT2D eigenvalue weighted by molar-refractivity contribution is 5.65. The predicted octanol–water partition coefficient (Wildman–Crippen LogP) is 2.69. The predicted molar refractivity (Wildman–Crippen MR) is 77.6 cm³/mol. The van der Waals surface area contributed by atoms with Gasteiger partial charge < -0.3 is 10.8 Å². The number of aryl methyl sites for hydroxylation is 1. The van der Waals surface area contributed by atoms with Gasteiger partial charge in [0, 0.05) is 30.6 Å². The van der Waals surface area contributed by atoms with Crippen LogP contribution in [0, 0.1) is 0 Å². The molecular weight excluding hydrogens is 238 g/mol. The zero-order chi connectivity index (χ0) is 13.5. The van der Waals surface area contributed by atoms with Crippen LogP contribution >= 0.6 is 0 Å². The molecule has 0 aliphatic carbocycles. The van der Waals surface area contributed by atoms with Crippen molar-refractivity contribution in [2.24, 2.45) is 0 Å². The summed E-state index contributed by atoms with van der Waals surface area (Å²) in [4.78, 5) is 0. The Balaban J connectivity index is 1.88. The van der Waals surface area contributed by atoms with Crippen molar-refractivity contribution >= 4 is 5.69 Å². The van der Waals surface area contributed by atoms with Crippen molar-refractivity contribution in [3.63, 3.8) is 0 Å². The molecule has 2 rings (SSSR count). The van der Waals surface area contributed by atoms with Crippen molar-refractivity contribution in [2.45, 2.75) is 32.2 Å². The Kier molecular flexibility index (Phi) is 4.98. The number of unbranched alkanes of at least 4 members (excludes halogenated alkanes) is 3. The molecule has 102 valence electrons. The lowest BCUT2D eigenvalue weighted by molar-refractivity contribution is 0.282. The summed E-state index contributed by atoms with van der Waals surface area (Å²) in [5.74, 6) is 0. The molecule has 19 heavy (non-hydrogen) atoms. The van der Waals surface area contributed by atoms with Crippen LogP contribution in [0.1, 0.15) is 25.7 Å². The Morgan fingerprint density at radius 2 is 1.95 bits per heavy atom. The molecule has 4 heteroatoms. The highest BCUT2D eigenvalue weighted by Gasteiger charge is 2.02. The first-order valence-electron chi connectivity index (χ1n) is 6.79. The van der Waals surface area contributed by atoms with E-state index in [1.54, 1.807) is 0 Å². The Labute approximate surface area is 113 Å². The average molecular weight is 259 g/mol. The first-order valence-corrected chi connectivity index (χ1v) is 6.79. The fourth-order valence-electron chi connectivity index (χ4n) is 2.09. The van der Waals surface area contributed by atoms with E-state index >= 15 is 0 Å². The number of nitrogens with zero attached hydrogens (tertiary/aromatic N) is 2. The number of nitrogen functional groups attached to an aromatic ring is 1. The number of anilines is 1. The van der Waals surface area contributed by atoms with Crippen molar-refractivity contribution in [3.05, 3.63) is 36.7 Å². The van der Waals surface area contributed by atoms with E-state index in [2.05, 4.69) is 11.3 Å². The molecule has 0 aliphatic heterocycles. The fourth-order valence-corrected chi connectivity index (χ4v) is 2.09. The number of benzene rings is 1. The summed E-state index contributed by atoms with van der Waals surface area (Å²) in [6.45, 7) is 1.22. The van der Waals surface area contributed by atoms with Crippen LogP contribution in [0.2, 0.25) is 0 Å². The molecule has 0 aliphatic rings. The summed E-state index contributed by atoms with van der Waals surface area (Å²) in [6.07, 6.45) is 8.14. The van der Waals surface area contributed by atoms with Crippen LogP contribution in [0.25, 0.3) is 11.1 Å². The van der Waals surface area contributed by atoms with E-state index in [0.717, 1.165) is 49.0 Å². The first kappa shape index (κ1) is 13.6. The van der Waals surface area contributed by atoms with Crippen LogP contribution in [-0.4, -0.2) is 21.5 Å². The third-order valence-electron chi connectivity index (χ3n) is 3.15. The molecule has 0 amide bonds. The van der Waals surface area contributed by atoms with E-state index < -0.39 is 0 Å². The lowest BCUT2D eigenvalue weighted by atomic mass is 10.1.